The van der Waals surface area contributed by atoms with Gasteiger partial charge in [0.05, 0.1) is 0 Å². The number of nitrogens with zero attached hydrogens (tertiary/aromatic N) is 1. The second-order valence-electron chi connectivity index (χ2n) is 3.15. The molecule has 0 radical (unpaired) electrons. The average Bonchev–Trinajstić information content (AvgIpc) is 2.27. The average molecular weight is 201 g/mol. The Hall–Kier alpha value is -2.23. The van der Waals surface area contributed by atoms with E-state index in [1.54, 1.807) is 24.3 Å². The molecule has 1 aliphatic heterocycles. The molecule has 2 heterocycles. The zero-order chi connectivity index (χ0) is 10.3. The van der Waals surface area contributed by atoms with Crippen LogP contribution in [-0.2, 0) is 0 Å². The molecule has 0 unspecified atom stereocenters. The zero-order valence-electron chi connectivity index (χ0n) is 7.71. The largest absolute Gasteiger partial charge is 0.616 e. The second-order valence-corrected chi connectivity index (χ2v) is 3.15. The van der Waals surface area contributed by atoms with Crippen molar-refractivity contribution < 1.29 is 14.2 Å². The van der Waals surface area contributed by atoms with E-state index >= 15 is 0 Å². The van der Waals surface area contributed by atoms with E-state index in [9.17, 15) is 5.21 Å². The molecule has 0 amide bonds. The molecule has 0 bridgehead atoms. The molecule has 1 aliphatic rings. The summed E-state index contributed by atoms with van der Waals surface area (Å²) < 4.78 is 11.6. The number of rotatable bonds is 0. The van der Waals surface area contributed by atoms with Gasteiger partial charge in [-0.25, -0.2) is 0 Å². The van der Waals surface area contributed by atoms with Crippen LogP contribution in [0.25, 0.3) is 0 Å². The van der Waals surface area contributed by atoms with Crippen molar-refractivity contribution in [1.82, 2.24) is 0 Å². The fraction of sp³-hybridized carbons (Fsp3) is 0. The van der Waals surface area contributed by atoms with Crippen LogP contribution in [0.2, 0.25) is 0 Å². The number of benzene rings is 1. The van der Waals surface area contributed by atoms with Crippen molar-refractivity contribution in [3.8, 4) is 23.1 Å². The molecule has 0 fully saturated rings. The van der Waals surface area contributed by atoms with E-state index in [1.807, 2.05) is 12.1 Å². The number of aromatic nitrogens is 1. The van der Waals surface area contributed by atoms with Crippen molar-refractivity contribution >= 4 is 0 Å². The van der Waals surface area contributed by atoms with E-state index in [2.05, 4.69) is 0 Å². The summed E-state index contributed by atoms with van der Waals surface area (Å²) in [5, 5.41) is 11.4. The molecule has 74 valence electrons. The number of pyridine rings is 1. The molecule has 0 aliphatic carbocycles. The molecule has 15 heavy (non-hydrogen) atoms. The van der Waals surface area contributed by atoms with Crippen LogP contribution in [0.15, 0.2) is 42.6 Å². The fourth-order valence-electron chi connectivity index (χ4n) is 1.47. The Morgan fingerprint density at radius 1 is 0.867 bits per heavy atom. The first-order valence-corrected chi connectivity index (χ1v) is 4.51. The Labute approximate surface area is 85.9 Å². The standard InChI is InChI=1S/C11H7NO3/c13-12-7-3-6-10-11(12)15-9-5-2-1-4-8(9)14-10/h1-7H. The van der Waals surface area contributed by atoms with Crippen molar-refractivity contribution in [1.29, 1.82) is 0 Å². The Kier molecular flexibility index (Phi) is 1.56. The summed E-state index contributed by atoms with van der Waals surface area (Å²) in [7, 11) is 0. The van der Waals surface area contributed by atoms with Gasteiger partial charge in [0, 0.05) is 6.07 Å². The summed E-state index contributed by atoms with van der Waals surface area (Å²) >= 11 is 0. The summed E-state index contributed by atoms with van der Waals surface area (Å²) in [6, 6.07) is 10.5. The molecule has 2 aromatic rings. The first-order chi connectivity index (χ1) is 7.34. The Morgan fingerprint density at radius 3 is 2.33 bits per heavy atom. The number of ether oxygens (including phenoxy) is 2. The third-order valence-corrected chi connectivity index (χ3v) is 2.16. The van der Waals surface area contributed by atoms with Gasteiger partial charge in [-0.1, -0.05) is 12.1 Å². The summed E-state index contributed by atoms with van der Waals surface area (Å²) in [5.41, 5.74) is 0. The first-order valence-electron chi connectivity index (χ1n) is 4.51. The smallest absolute Gasteiger partial charge is 0.429 e. The maximum absolute atomic E-state index is 11.4. The van der Waals surface area contributed by atoms with E-state index in [0.717, 1.165) is 0 Å². The molecule has 0 saturated carbocycles. The molecule has 3 rings (SSSR count). The first kappa shape index (κ1) is 8.11. The van der Waals surface area contributed by atoms with Gasteiger partial charge in [-0.15, -0.1) is 4.73 Å². The van der Waals surface area contributed by atoms with Gasteiger partial charge < -0.3 is 14.7 Å². The lowest BCUT2D eigenvalue weighted by Gasteiger charge is -2.17. The van der Waals surface area contributed by atoms with E-state index < -0.39 is 0 Å². The maximum Gasteiger partial charge on any atom is 0.429 e. The SMILES string of the molecule is [O-][n+]1cccc2c1Oc1ccccc1O2. The highest BCUT2D eigenvalue weighted by molar-refractivity contribution is 5.49. The van der Waals surface area contributed by atoms with E-state index in [0.29, 0.717) is 22.0 Å². The third kappa shape index (κ3) is 1.19. The van der Waals surface area contributed by atoms with E-state index in [1.165, 1.54) is 6.20 Å². The highest BCUT2D eigenvalue weighted by Gasteiger charge is 2.24. The summed E-state index contributed by atoms with van der Waals surface area (Å²) in [5.74, 6) is 1.79. The molecular formula is C11H7NO3. The fourth-order valence-corrected chi connectivity index (χ4v) is 1.47. The molecule has 0 N–H and O–H groups in total. The van der Waals surface area contributed by atoms with Gasteiger partial charge in [0.1, 0.15) is 0 Å². The van der Waals surface area contributed by atoms with Gasteiger partial charge in [0.2, 0.25) is 5.75 Å². The molecule has 0 atom stereocenters. The Morgan fingerprint density at radius 2 is 1.53 bits per heavy atom. The van der Waals surface area contributed by atoms with Gasteiger partial charge in [-0.3, -0.25) is 0 Å². The van der Waals surface area contributed by atoms with Crippen LogP contribution >= 0.6 is 0 Å². The Balaban J connectivity index is 2.15. The lowest BCUT2D eigenvalue weighted by Crippen LogP contribution is -2.28. The second kappa shape index (κ2) is 2.88. The van der Waals surface area contributed by atoms with E-state index in [4.69, 9.17) is 9.47 Å². The molecule has 0 spiro atoms. The van der Waals surface area contributed by atoms with Crippen molar-refractivity contribution in [2.45, 2.75) is 0 Å². The van der Waals surface area contributed by atoms with Crippen LogP contribution in [-0.4, -0.2) is 0 Å². The molecule has 4 nitrogen and oxygen atoms in total. The van der Waals surface area contributed by atoms with Crippen LogP contribution in [0.1, 0.15) is 0 Å². The minimum atomic E-state index is 0.177. The Bertz CT molecular complexity index is 525. The predicted molar refractivity (Wildman–Crippen MR) is 52.0 cm³/mol. The topological polar surface area (TPSA) is 45.4 Å². The minimum Gasteiger partial charge on any atom is -0.616 e. The monoisotopic (exact) mass is 201 g/mol. The van der Waals surface area contributed by atoms with Crippen LogP contribution in [0.5, 0.6) is 23.1 Å². The van der Waals surface area contributed by atoms with Crippen LogP contribution in [0, 0.1) is 5.21 Å². The summed E-state index contributed by atoms with van der Waals surface area (Å²) in [6.07, 6.45) is 1.37. The van der Waals surface area contributed by atoms with Crippen molar-refractivity contribution in [3.05, 3.63) is 47.8 Å². The van der Waals surface area contributed by atoms with Crippen molar-refractivity contribution in [3.63, 3.8) is 0 Å². The van der Waals surface area contributed by atoms with Gasteiger partial charge >= 0.3 is 5.88 Å². The van der Waals surface area contributed by atoms with E-state index in [-0.39, 0.29) is 5.88 Å². The lowest BCUT2D eigenvalue weighted by atomic mass is 10.3. The number of hydrogen-bond donors (Lipinski definition) is 0. The quantitative estimate of drug-likeness (QED) is 0.413. The number of para-hydroxylation sites is 2. The summed E-state index contributed by atoms with van der Waals surface area (Å²) in [4.78, 5) is 0. The molecule has 4 heteroatoms. The van der Waals surface area contributed by atoms with Crippen LogP contribution in [0.3, 0.4) is 0 Å². The zero-order valence-corrected chi connectivity index (χ0v) is 7.71. The molecular weight excluding hydrogens is 194 g/mol. The lowest BCUT2D eigenvalue weighted by molar-refractivity contribution is -0.611. The van der Waals surface area contributed by atoms with Crippen molar-refractivity contribution in [2.24, 2.45) is 0 Å². The molecule has 0 saturated heterocycles. The normalized spacial score (nSPS) is 12.0. The van der Waals surface area contributed by atoms with Crippen molar-refractivity contribution in [2.75, 3.05) is 0 Å². The highest BCUT2D eigenvalue weighted by Crippen LogP contribution is 2.42. The van der Waals surface area contributed by atoms with Gasteiger partial charge in [-0.05, 0) is 18.2 Å². The van der Waals surface area contributed by atoms with Gasteiger partial charge in [-0.2, -0.15) is 0 Å². The molecule has 1 aromatic carbocycles. The van der Waals surface area contributed by atoms with Crippen LogP contribution < -0.4 is 14.2 Å². The highest BCUT2D eigenvalue weighted by atomic mass is 16.6. The van der Waals surface area contributed by atoms with Gasteiger partial charge in [0.25, 0.3) is 0 Å². The summed E-state index contributed by atoms with van der Waals surface area (Å²) in [6.45, 7) is 0. The predicted octanol–water partition coefficient (Wildman–Crippen LogP) is 2.22. The molecule has 1 aromatic heterocycles. The number of fused-ring (bicyclic) bond motifs is 2. The maximum atomic E-state index is 11.4. The number of hydrogen-bond acceptors (Lipinski definition) is 3. The van der Waals surface area contributed by atoms with Crippen LogP contribution in [0.4, 0.5) is 0 Å². The third-order valence-electron chi connectivity index (χ3n) is 2.16. The minimum absolute atomic E-state index is 0.177. The van der Waals surface area contributed by atoms with Gasteiger partial charge in [0.15, 0.2) is 17.7 Å².